The fraction of sp³-hybridized carbons (Fsp3) is 0.500. The van der Waals surface area contributed by atoms with Crippen LogP contribution >= 0.6 is 15.9 Å². The summed E-state index contributed by atoms with van der Waals surface area (Å²) in [5.41, 5.74) is -0.236. The molecule has 0 aliphatic carbocycles. The fourth-order valence-corrected chi connectivity index (χ4v) is 2.51. The van der Waals surface area contributed by atoms with Gasteiger partial charge < -0.3 is 9.84 Å². The molecule has 1 aromatic carbocycles. The van der Waals surface area contributed by atoms with Crippen LogP contribution in [0.5, 0.6) is 0 Å². The van der Waals surface area contributed by atoms with Crippen molar-refractivity contribution in [3.63, 3.8) is 0 Å². The second kappa shape index (κ2) is 5.42. The molecule has 1 aromatic rings. The molecule has 5 heteroatoms. The molecule has 1 atom stereocenters. The molecule has 2 nitrogen and oxygen atoms in total. The Labute approximate surface area is 107 Å². The smallest absolute Gasteiger partial charge is 0.133 e. The topological polar surface area (TPSA) is 29.5 Å². The number of aliphatic hydroxyl groups is 1. The molecule has 1 unspecified atom stereocenters. The molecule has 0 bridgehead atoms. The molecular formula is C12H13BrF2O2. The van der Waals surface area contributed by atoms with Crippen molar-refractivity contribution < 1.29 is 18.6 Å². The molecule has 1 saturated heterocycles. The van der Waals surface area contributed by atoms with Crippen LogP contribution in [0.25, 0.3) is 0 Å². The second-order valence-corrected chi connectivity index (χ2v) is 5.09. The van der Waals surface area contributed by atoms with Gasteiger partial charge in [-0.25, -0.2) is 8.78 Å². The van der Waals surface area contributed by atoms with Gasteiger partial charge in [0, 0.05) is 17.7 Å². The van der Waals surface area contributed by atoms with Crippen molar-refractivity contribution in [3.8, 4) is 0 Å². The van der Waals surface area contributed by atoms with E-state index < -0.39 is 17.7 Å². The van der Waals surface area contributed by atoms with Crippen molar-refractivity contribution in [1.29, 1.82) is 0 Å². The zero-order chi connectivity index (χ0) is 12.4. The summed E-state index contributed by atoms with van der Waals surface area (Å²) in [4.78, 5) is 0. The van der Waals surface area contributed by atoms with Gasteiger partial charge in [0.05, 0.1) is 11.7 Å². The minimum absolute atomic E-state index is 0.145. The standard InChI is InChI=1S/C12H13BrF2O2/c13-8-5-9(14)11(10(15)6-8)12(16)7-1-3-17-4-2-7/h5-7,12,16H,1-4H2. The Morgan fingerprint density at radius 3 is 2.29 bits per heavy atom. The minimum atomic E-state index is -1.10. The molecule has 0 radical (unpaired) electrons. The van der Waals surface area contributed by atoms with Gasteiger partial charge in [0.15, 0.2) is 0 Å². The van der Waals surface area contributed by atoms with E-state index in [4.69, 9.17) is 4.74 Å². The molecule has 2 rings (SSSR count). The molecule has 1 fully saturated rings. The summed E-state index contributed by atoms with van der Waals surface area (Å²) < 4.78 is 32.8. The summed E-state index contributed by atoms with van der Waals surface area (Å²) in [6.07, 6.45) is 0.138. The molecule has 0 amide bonds. The minimum Gasteiger partial charge on any atom is -0.388 e. The molecular weight excluding hydrogens is 294 g/mol. The maximum absolute atomic E-state index is 13.7. The summed E-state index contributed by atoms with van der Waals surface area (Å²) in [6, 6.07) is 2.34. The Balaban J connectivity index is 2.26. The first-order chi connectivity index (χ1) is 8.09. The zero-order valence-electron chi connectivity index (χ0n) is 9.13. The molecule has 94 valence electrons. The van der Waals surface area contributed by atoms with E-state index in [1.165, 1.54) is 12.1 Å². The van der Waals surface area contributed by atoms with E-state index >= 15 is 0 Å². The maximum atomic E-state index is 13.7. The van der Waals surface area contributed by atoms with Crippen molar-refractivity contribution in [2.24, 2.45) is 5.92 Å². The number of benzene rings is 1. The predicted molar refractivity (Wildman–Crippen MR) is 62.6 cm³/mol. The van der Waals surface area contributed by atoms with E-state index in [0.29, 0.717) is 30.5 Å². The average molecular weight is 307 g/mol. The summed E-state index contributed by atoms with van der Waals surface area (Å²) >= 11 is 3.01. The maximum Gasteiger partial charge on any atom is 0.133 e. The van der Waals surface area contributed by atoms with E-state index in [9.17, 15) is 13.9 Å². The molecule has 0 saturated carbocycles. The van der Waals surface area contributed by atoms with Crippen molar-refractivity contribution in [1.82, 2.24) is 0 Å². The Morgan fingerprint density at radius 2 is 1.76 bits per heavy atom. The first kappa shape index (κ1) is 12.9. The number of aliphatic hydroxyl groups excluding tert-OH is 1. The average Bonchev–Trinajstić information content (AvgIpc) is 2.28. The van der Waals surface area contributed by atoms with Crippen molar-refractivity contribution >= 4 is 15.9 Å². The van der Waals surface area contributed by atoms with Gasteiger partial charge in [-0.15, -0.1) is 0 Å². The van der Waals surface area contributed by atoms with Gasteiger partial charge in [-0.05, 0) is 30.9 Å². The van der Waals surface area contributed by atoms with Gasteiger partial charge in [0.1, 0.15) is 11.6 Å². The number of halogens is 3. The monoisotopic (exact) mass is 306 g/mol. The van der Waals surface area contributed by atoms with E-state index in [0.717, 1.165) is 0 Å². The summed E-state index contributed by atoms with van der Waals surface area (Å²) in [5.74, 6) is -1.57. The summed E-state index contributed by atoms with van der Waals surface area (Å²) in [6.45, 7) is 1.06. The lowest BCUT2D eigenvalue weighted by molar-refractivity contribution is 0.00449. The Kier molecular flexibility index (Phi) is 4.12. The van der Waals surface area contributed by atoms with Gasteiger partial charge in [-0.1, -0.05) is 15.9 Å². The lowest BCUT2D eigenvalue weighted by Crippen LogP contribution is -2.23. The third-order valence-corrected chi connectivity index (χ3v) is 3.51. The molecule has 1 heterocycles. The highest BCUT2D eigenvalue weighted by atomic mass is 79.9. The Bertz CT molecular complexity index is 382. The largest absolute Gasteiger partial charge is 0.388 e. The van der Waals surface area contributed by atoms with E-state index in [2.05, 4.69) is 15.9 Å². The van der Waals surface area contributed by atoms with Crippen LogP contribution in [0.3, 0.4) is 0 Å². The summed E-state index contributed by atoms with van der Waals surface area (Å²) in [5, 5.41) is 10.0. The zero-order valence-corrected chi connectivity index (χ0v) is 10.7. The lowest BCUT2D eigenvalue weighted by atomic mass is 9.89. The number of ether oxygens (including phenoxy) is 1. The van der Waals surface area contributed by atoms with Crippen molar-refractivity contribution in [2.45, 2.75) is 18.9 Å². The summed E-state index contributed by atoms with van der Waals surface area (Å²) in [7, 11) is 0. The van der Waals surface area contributed by atoms with Crippen molar-refractivity contribution in [2.75, 3.05) is 13.2 Å². The Hall–Kier alpha value is -0.520. The Morgan fingerprint density at radius 1 is 1.24 bits per heavy atom. The molecule has 1 aliphatic heterocycles. The predicted octanol–water partition coefficient (Wildman–Crippen LogP) is 3.19. The second-order valence-electron chi connectivity index (χ2n) is 4.18. The van der Waals surface area contributed by atoms with Crippen LogP contribution in [0, 0.1) is 17.6 Å². The SMILES string of the molecule is OC(c1c(F)cc(Br)cc1F)C1CCOCC1. The quantitative estimate of drug-likeness (QED) is 0.909. The molecule has 1 N–H and O–H groups in total. The number of hydrogen-bond donors (Lipinski definition) is 1. The first-order valence-electron chi connectivity index (χ1n) is 5.50. The van der Waals surface area contributed by atoms with E-state index in [1.54, 1.807) is 0 Å². The first-order valence-corrected chi connectivity index (χ1v) is 6.29. The van der Waals surface area contributed by atoms with Crippen LogP contribution in [0.4, 0.5) is 8.78 Å². The third kappa shape index (κ3) is 2.84. The van der Waals surface area contributed by atoms with Gasteiger partial charge in [0.2, 0.25) is 0 Å². The van der Waals surface area contributed by atoms with Crippen LogP contribution in [-0.2, 0) is 4.74 Å². The molecule has 0 aromatic heterocycles. The fourth-order valence-electron chi connectivity index (χ4n) is 2.10. The lowest BCUT2D eigenvalue weighted by Gasteiger charge is -2.27. The van der Waals surface area contributed by atoms with Crippen LogP contribution in [0.1, 0.15) is 24.5 Å². The van der Waals surface area contributed by atoms with E-state index in [1.807, 2.05) is 0 Å². The normalized spacial score (nSPS) is 19.3. The highest BCUT2D eigenvalue weighted by molar-refractivity contribution is 9.10. The number of hydrogen-bond acceptors (Lipinski definition) is 2. The van der Waals surface area contributed by atoms with Crippen LogP contribution in [-0.4, -0.2) is 18.3 Å². The third-order valence-electron chi connectivity index (χ3n) is 3.05. The van der Waals surface area contributed by atoms with Crippen LogP contribution in [0.2, 0.25) is 0 Å². The highest BCUT2D eigenvalue weighted by Crippen LogP contribution is 2.33. The van der Waals surface area contributed by atoms with Gasteiger partial charge in [-0.2, -0.15) is 0 Å². The van der Waals surface area contributed by atoms with Crippen LogP contribution in [0.15, 0.2) is 16.6 Å². The van der Waals surface area contributed by atoms with Crippen molar-refractivity contribution in [3.05, 3.63) is 33.8 Å². The van der Waals surface area contributed by atoms with Gasteiger partial charge in [0.25, 0.3) is 0 Å². The molecule has 0 spiro atoms. The van der Waals surface area contributed by atoms with E-state index in [-0.39, 0.29) is 11.5 Å². The molecule has 17 heavy (non-hydrogen) atoms. The van der Waals surface area contributed by atoms with Gasteiger partial charge >= 0.3 is 0 Å². The van der Waals surface area contributed by atoms with Crippen LogP contribution < -0.4 is 0 Å². The highest BCUT2D eigenvalue weighted by Gasteiger charge is 2.28. The number of rotatable bonds is 2. The molecule has 1 aliphatic rings. The van der Waals surface area contributed by atoms with Gasteiger partial charge in [-0.3, -0.25) is 0 Å².